The minimum absolute atomic E-state index is 0.135. The largest absolute Gasteiger partial charge is 0.457 e. The van der Waals surface area contributed by atoms with E-state index in [2.05, 4.69) is 4.98 Å². The molecule has 2 aromatic rings. The highest BCUT2D eigenvalue weighted by molar-refractivity contribution is 7.17. The Morgan fingerprint density at radius 1 is 1.50 bits per heavy atom. The van der Waals surface area contributed by atoms with Crippen molar-refractivity contribution in [3.8, 4) is 0 Å². The molecule has 0 aliphatic heterocycles. The number of halogens is 1. The molecule has 0 bridgehead atoms. The van der Waals surface area contributed by atoms with Gasteiger partial charge in [0.25, 0.3) is 0 Å². The minimum atomic E-state index is -0.429. The van der Waals surface area contributed by atoms with Crippen molar-refractivity contribution in [3.05, 3.63) is 45.4 Å². The molecule has 0 amide bonds. The van der Waals surface area contributed by atoms with Crippen LogP contribution < -0.4 is 5.73 Å². The lowest BCUT2D eigenvalue weighted by Gasteiger charge is -2.05. The maximum atomic E-state index is 11.8. The number of rotatable bonds is 3. The van der Waals surface area contributed by atoms with Crippen LogP contribution in [0.1, 0.15) is 20.9 Å². The van der Waals surface area contributed by atoms with E-state index in [-0.39, 0.29) is 6.61 Å². The summed E-state index contributed by atoms with van der Waals surface area (Å²) in [5.74, 6) is -0.429. The highest BCUT2D eigenvalue weighted by atomic mass is 35.5. The van der Waals surface area contributed by atoms with Crippen LogP contribution in [-0.4, -0.2) is 11.0 Å². The quantitative estimate of drug-likeness (QED) is 0.879. The summed E-state index contributed by atoms with van der Waals surface area (Å²) in [5.41, 5.74) is 6.88. The van der Waals surface area contributed by atoms with Crippen molar-refractivity contribution in [2.24, 2.45) is 0 Å². The molecule has 94 valence electrons. The van der Waals surface area contributed by atoms with Crippen molar-refractivity contribution in [2.45, 2.75) is 13.5 Å². The summed E-state index contributed by atoms with van der Waals surface area (Å²) in [6.45, 7) is 1.86. The predicted molar refractivity (Wildman–Crippen MR) is 71.8 cm³/mol. The van der Waals surface area contributed by atoms with Crippen molar-refractivity contribution < 1.29 is 9.53 Å². The Balaban J connectivity index is 2.05. The van der Waals surface area contributed by atoms with Crippen molar-refractivity contribution in [3.63, 3.8) is 0 Å². The Bertz CT molecular complexity index is 583. The molecule has 6 heteroatoms. The highest BCUT2D eigenvalue weighted by Crippen LogP contribution is 2.22. The topological polar surface area (TPSA) is 65.2 Å². The molecule has 0 spiro atoms. The van der Waals surface area contributed by atoms with E-state index in [0.717, 1.165) is 16.9 Å². The molecule has 0 fully saturated rings. The summed E-state index contributed by atoms with van der Waals surface area (Å²) in [7, 11) is 0. The third-order valence-corrected chi connectivity index (χ3v) is 3.65. The van der Waals surface area contributed by atoms with Gasteiger partial charge in [-0.25, -0.2) is 9.78 Å². The van der Waals surface area contributed by atoms with Gasteiger partial charge in [-0.15, -0.1) is 0 Å². The standard InChI is InChI=1S/C12H11ClN2O2S/c1-7-10(18-12(14)15-7)11(16)17-6-8-4-2-3-5-9(8)13/h2-5H,6H2,1H3,(H2,14,15). The number of esters is 1. The SMILES string of the molecule is Cc1nc(N)sc1C(=O)OCc1ccccc1Cl. The zero-order valence-electron chi connectivity index (χ0n) is 9.64. The maximum Gasteiger partial charge on any atom is 0.350 e. The summed E-state index contributed by atoms with van der Waals surface area (Å²) >= 11 is 7.09. The molecule has 2 N–H and O–H groups in total. The van der Waals surface area contributed by atoms with E-state index >= 15 is 0 Å². The van der Waals surface area contributed by atoms with Gasteiger partial charge in [0.15, 0.2) is 5.13 Å². The molecular weight excluding hydrogens is 272 g/mol. The number of nitrogens with zero attached hydrogens (tertiary/aromatic N) is 1. The number of anilines is 1. The molecule has 1 aromatic heterocycles. The van der Waals surface area contributed by atoms with E-state index in [1.807, 2.05) is 18.2 Å². The second kappa shape index (κ2) is 5.37. The van der Waals surface area contributed by atoms with Crippen LogP contribution in [0, 0.1) is 6.92 Å². The number of thiazole rings is 1. The van der Waals surface area contributed by atoms with Gasteiger partial charge in [0, 0.05) is 10.6 Å². The molecule has 18 heavy (non-hydrogen) atoms. The molecule has 0 atom stereocenters. The van der Waals surface area contributed by atoms with Crippen LogP contribution in [0.15, 0.2) is 24.3 Å². The number of aromatic nitrogens is 1. The molecule has 1 aromatic carbocycles. The fourth-order valence-electron chi connectivity index (χ4n) is 1.43. The number of benzene rings is 1. The Morgan fingerprint density at radius 3 is 2.83 bits per heavy atom. The van der Waals surface area contributed by atoms with Crippen LogP contribution in [0.4, 0.5) is 5.13 Å². The monoisotopic (exact) mass is 282 g/mol. The number of aryl methyl sites for hydroxylation is 1. The number of hydrogen-bond acceptors (Lipinski definition) is 5. The third-order valence-electron chi connectivity index (χ3n) is 2.32. The third kappa shape index (κ3) is 2.80. The molecule has 1 heterocycles. The van der Waals surface area contributed by atoms with Crippen LogP contribution in [0.5, 0.6) is 0 Å². The highest BCUT2D eigenvalue weighted by Gasteiger charge is 2.16. The van der Waals surface area contributed by atoms with Crippen LogP contribution in [0.25, 0.3) is 0 Å². The minimum Gasteiger partial charge on any atom is -0.457 e. The number of carbonyl (C=O) groups excluding carboxylic acids is 1. The van der Waals surface area contributed by atoms with Crippen LogP contribution in [0.2, 0.25) is 5.02 Å². The molecule has 0 unspecified atom stereocenters. The first-order chi connectivity index (χ1) is 8.58. The predicted octanol–water partition coefficient (Wildman–Crippen LogP) is 3.04. The molecule has 0 saturated carbocycles. The smallest absolute Gasteiger partial charge is 0.350 e. The van der Waals surface area contributed by atoms with Gasteiger partial charge in [0.2, 0.25) is 0 Å². The summed E-state index contributed by atoms with van der Waals surface area (Å²) in [6.07, 6.45) is 0. The first-order valence-electron chi connectivity index (χ1n) is 5.21. The molecule has 0 aliphatic rings. The van der Waals surface area contributed by atoms with Crippen LogP contribution in [0.3, 0.4) is 0 Å². The zero-order chi connectivity index (χ0) is 13.1. The summed E-state index contributed by atoms with van der Waals surface area (Å²) < 4.78 is 5.18. The number of ether oxygens (including phenoxy) is 1. The Kier molecular flexibility index (Phi) is 3.84. The Morgan fingerprint density at radius 2 is 2.22 bits per heavy atom. The summed E-state index contributed by atoms with van der Waals surface area (Å²) in [5, 5.41) is 0.933. The van der Waals surface area contributed by atoms with Gasteiger partial charge in [0.1, 0.15) is 11.5 Å². The Hall–Kier alpha value is -1.59. The maximum absolute atomic E-state index is 11.8. The van der Waals surface area contributed by atoms with Crippen molar-refractivity contribution in [1.82, 2.24) is 4.98 Å². The van der Waals surface area contributed by atoms with Crippen molar-refractivity contribution in [1.29, 1.82) is 0 Å². The molecule has 0 aliphatic carbocycles. The van der Waals surface area contributed by atoms with Gasteiger partial charge in [-0.1, -0.05) is 41.1 Å². The lowest BCUT2D eigenvalue weighted by atomic mass is 10.2. The van der Waals surface area contributed by atoms with E-state index < -0.39 is 5.97 Å². The average molecular weight is 283 g/mol. The van der Waals surface area contributed by atoms with Crippen LogP contribution in [-0.2, 0) is 11.3 Å². The van der Waals surface area contributed by atoms with Crippen LogP contribution >= 0.6 is 22.9 Å². The van der Waals surface area contributed by atoms with Gasteiger partial charge < -0.3 is 10.5 Å². The average Bonchev–Trinajstić information content (AvgIpc) is 2.67. The molecule has 2 rings (SSSR count). The van der Waals surface area contributed by atoms with E-state index in [9.17, 15) is 4.79 Å². The lowest BCUT2D eigenvalue weighted by Crippen LogP contribution is -2.05. The van der Waals surface area contributed by atoms with Gasteiger partial charge in [-0.2, -0.15) is 0 Å². The van der Waals surface area contributed by atoms with Crippen molar-refractivity contribution in [2.75, 3.05) is 5.73 Å². The number of hydrogen-bond donors (Lipinski definition) is 1. The first-order valence-corrected chi connectivity index (χ1v) is 6.41. The van der Waals surface area contributed by atoms with Gasteiger partial charge in [-0.05, 0) is 13.0 Å². The van der Waals surface area contributed by atoms with E-state index in [1.165, 1.54) is 0 Å². The number of nitrogens with two attached hydrogens (primary N) is 1. The van der Waals surface area contributed by atoms with E-state index in [1.54, 1.807) is 13.0 Å². The zero-order valence-corrected chi connectivity index (χ0v) is 11.2. The van der Waals surface area contributed by atoms with Crippen molar-refractivity contribution >= 4 is 34.0 Å². The molecule has 4 nitrogen and oxygen atoms in total. The summed E-state index contributed by atoms with van der Waals surface area (Å²) in [4.78, 5) is 16.2. The first kappa shape index (κ1) is 12.9. The van der Waals surface area contributed by atoms with Gasteiger partial charge >= 0.3 is 5.97 Å². The number of nitrogen functional groups attached to an aromatic ring is 1. The summed E-state index contributed by atoms with van der Waals surface area (Å²) in [6, 6.07) is 7.22. The Labute approximate surface area is 113 Å². The second-order valence-corrected chi connectivity index (χ2v) is 5.07. The van der Waals surface area contributed by atoms with E-state index in [0.29, 0.717) is 20.7 Å². The molecule has 0 saturated heterocycles. The molecule has 0 radical (unpaired) electrons. The van der Waals surface area contributed by atoms with E-state index in [4.69, 9.17) is 22.1 Å². The van der Waals surface area contributed by atoms with Gasteiger partial charge in [0.05, 0.1) is 5.69 Å². The lowest BCUT2D eigenvalue weighted by molar-refractivity contribution is 0.0477. The second-order valence-electron chi connectivity index (χ2n) is 3.63. The molecular formula is C12H11ClN2O2S. The van der Waals surface area contributed by atoms with Gasteiger partial charge in [-0.3, -0.25) is 0 Å². The normalized spacial score (nSPS) is 10.3. The fourth-order valence-corrected chi connectivity index (χ4v) is 2.35. The fraction of sp³-hybridized carbons (Fsp3) is 0.167. The number of carbonyl (C=O) groups is 1.